The quantitative estimate of drug-likeness (QED) is 0.556. The van der Waals surface area contributed by atoms with Gasteiger partial charge in [-0.15, -0.1) is 0 Å². The molecule has 0 saturated carbocycles. The van der Waals surface area contributed by atoms with Crippen molar-refractivity contribution < 1.29 is 4.74 Å². The van der Waals surface area contributed by atoms with Crippen LogP contribution in [0.5, 0.6) is 0 Å². The Hall–Kier alpha value is -3.53. The molecule has 2 aliphatic rings. The van der Waals surface area contributed by atoms with Crippen molar-refractivity contribution in [3.63, 3.8) is 0 Å². The highest BCUT2D eigenvalue weighted by Gasteiger charge is 2.31. The zero-order valence-corrected chi connectivity index (χ0v) is 16.6. The zero-order valence-electron chi connectivity index (χ0n) is 16.6. The average Bonchev–Trinajstić information content (AvgIpc) is 3.43. The first-order valence-corrected chi connectivity index (χ1v) is 10.1. The Labute approximate surface area is 172 Å². The van der Waals surface area contributed by atoms with E-state index in [0.29, 0.717) is 12.0 Å². The third-order valence-electron chi connectivity index (χ3n) is 5.81. The number of aromatic nitrogens is 7. The number of nitrogens with zero attached hydrogens (tertiary/aromatic N) is 8. The molecule has 10 heteroatoms. The van der Waals surface area contributed by atoms with Gasteiger partial charge in [-0.2, -0.15) is 10.1 Å². The molecule has 0 unspecified atom stereocenters. The van der Waals surface area contributed by atoms with Crippen LogP contribution in [0.4, 0.5) is 17.5 Å². The monoisotopic (exact) mass is 403 g/mol. The van der Waals surface area contributed by atoms with Gasteiger partial charge in [-0.1, -0.05) is 0 Å². The first-order chi connectivity index (χ1) is 14.8. The van der Waals surface area contributed by atoms with Crippen molar-refractivity contribution in [1.29, 1.82) is 0 Å². The third kappa shape index (κ3) is 2.79. The second-order valence-corrected chi connectivity index (χ2v) is 7.65. The first-order valence-electron chi connectivity index (χ1n) is 10.1. The van der Waals surface area contributed by atoms with Crippen LogP contribution in [0.1, 0.15) is 24.2 Å². The van der Waals surface area contributed by atoms with Crippen LogP contribution in [0.25, 0.3) is 11.3 Å². The normalized spacial score (nSPS) is 16.5. The molecule has 0 amide bonds. The fraction of sp³-hybridized carbons (Fsp3) is 0.350. The Kier molecular flexibility index (Phi) is 3.91. The molecule has 0 bridgehead atoms. The summed E-state index contributed by atoms with van der Waals surface area (Å²) in [4.78, 5) is 20.6. The lowest BCUT2D eigenvalue weighted by Crippen LogP contribution is -2.42. The minimum absolute atomic E-state index is 0.374. The fourth-order valence-electron chi connectivity index (χ4n) is 4.21. The van der Waals surface area contributed by atoms with Crippen molar-refractivity contribution in [2.45, 2.75) is 32.4 Å². The number of imidazole rings is 1. The maximum atomic E-state index is 5.57. The van der Waals surface area contributed by atoms with Crippen LogP contribution in [0, 0.1) is 6.92 Å². The molecule has 0 aromatic carbocycles. The van der Waals surface area contributed by atoms with Crippen molar-refractivity contribution >= 4 is 23.1 Å². The first kappa shape index (κ1) is 17.3. The summed E-state index contributed by atoms with van der Waals surface area (Å²) in [6.45, 7) is 4.31. The van der Waals surface area contributed by atoms with E-state index in [1.807, 2.05) is 37.8 Å². The summed E-state index contributed by atoms with van der Waals surface area (Å²) < 4.78 is 9.38. The molecule has 152 valence electrons. The molecule has 0 radical (unpaired) electrons. The van der Waals surface area contributed by atoms with E-state index in [4.69, 9.17) is 9.72 Å². The SMILES string of the molecule is Cc1cc2ncnn2cc1Nc1ncc2c(n1)N(C1CCOCC1)Cc1nccn1-2. The zero-order chi connectivity index (χ0) is 20.1. The molecule has 0 aliphatic carbocycles. The van der Waals surface area contributed by atoms with Crippen molar-refractivity contribution in [2.75, 3.05) is 23.4 Å². The van der Waals surface area contributed by atoms with Crippen LogP contribution >= 0.6 is 0 Å². The molecule has 1 N–H and O–H groups in total. The Morgan fingerprint density at radius 2 is 2.07 bits per heavy atom. The summed E-state index contributed by atoms with van der Waals surface area (Å²) in [6.07, 6.45) is 11.1. The highest BCUT2D eigenvalue weighted by atomic mass is 16.5. The summed E-state index contributed by atoms with van der Waals surface area (Å²) in [7, 11) is 0. The van der Waals surface area contributed by atoms with Gasteiger partial charge in [-0.3, -0.25) is 4.57 Å². The Balaban J connectivity index is 1.40. The number of ether oxygens (including phenoxy) is 1. The molecule has 0 atom stereocenters. The van der Waals surface area contributed by atoms with Gasteiger partial charge in [-0.25, -0.2) is 19.5 Å². The molecule has 4 aromatic heterocycles. The second-order valence-electron chi connectivity index (χ2n) is 7.65. The number of hydrogen-bond acceptors (Lipinski definition) is 8. The van der Waals surface area contributed by atoms with Crippen LogP contribution in [0.2, 0.25) is 0 Å². The van der Waals surface area contributed by atoms with Gasteiger partial charge in [0.25, 0.3) is 0 Å². The number of hydrogen-bond donors (Lipinski definition) is 1. The van der Waals surface area contributed by atoms with Crippen molar-refractivity contribution in [2.24, 2.45) is 0 Å². The molecule has 2 aliphatic heterocycles. The highest BCUT2D eigenvalue weighted by molar-refractivity contribution is 5.66. The van der Waals surface area contributed by atoms with E-state index in [9.17, 15) is 0 Å². The van der Waals surface area contributed by atoms with E-state index < -0.39 is 0 Å². The predicted octanol–water partition coefficient (Wildman–Crippen LogP) is 2.26. The molecule has 0 spiro atoms. The molecular weight excluding hydrogens is 382 g/mol. The van der Waals surface area contributed by atoms with Gasteiger partial charge in [-0.05, 0) is 31.4 Å². The maximum absolute atomic E-state index is 5.57. The van der Waals surface area contributed by atoms with Gasteiger partial charge < -0.3 is 15.0 Å². The summed E-state index contributed by atoms with van der Waals surface area (Å²) in [5, 5.41) is 7.58. The van der Waals surface area contributed by atoms with E-state index in [1.54, 1.807) is 10.8 Å². The van der Waals surface area contributed by atoms with Gasteiger partial charge >= 0.3 is 0 Å². The molecule has 6 heterocycles. The lowest BCUT2D eigenvalue weighted by Gasteiger charge is -2.38. The standard InChI is InChI=1S/C20H21N9O/c1-13-8-17-23-12-24-29(17)10-15(13)25-20-22-9-16-19(26-20)28(14-2-6-30-7-3-14)11-18-21-4-5-27(16)18/h4-5,8-10,12,14H,2-3,6-7,11H2,1H3,(H,22,25,26). The van der Waals surface area contributed by atoms with Crippen LogP contribution in [0.15, 0.2) is 37.2 Å². The van der Waals surface area contributed by atoms with Gasteiger partial charge in [0, 0.05) is 31.6 Å². The second kappa shape index (κ2) is 6.77. The molecule has 4 aromatic rings. The number of nitrogens with one attached hydrogen (secondary N) is 1. The summed E-state index contributed by atoms with van der Waals surface area (Å²) in [5.41, 5.74) is 3.71. The molecule has 1 fully saturated rings. The van der Waals surface area contributed by atoms with Gasteiger partial charge in [0.15, 0.2) is 11.5 Å². The molecule has 10 nitrogen and oxygen atoms in total. The third-order valence-corrected chi connectivity index (χ3v) is 5.81. The Morgan fingerprint density at radius 3 is 2.97 bits per heavy atom. The summed E-state index contributed by atoms with van der Waals surface area (Å²) >= 11 is 0. The van der Waals surface area contributed by atoms with E-state index in [-0.39, 0.29) is 0 Å². The lowest BCUT2D eigenvalue weighted by molar-refractivity contribution is 0.0836. The van der Waals surface area contributed by atoms with E-state index in [2.05, 4.69) is 34.8 Å². The fourth-order valence-corrected chi connectivity index (χ4v) is 4.21. The number of aryl methyl sites for hydroxylation is 1. The van der Waals surface area contributed by atoms with Crippen LogP contribution in [-0.2, 0) is 11.3 Å². The topological polar surface area (TPSA) is 98.3 Å². The van der Waals surface area contributed by atoms with E-state index >= 15 is 0 Å². The van der Waals surface area contributed by atoms with Crippen molar-refractivity contribution in [3.8, 4) is 5.69 Å². The number of rotatable bonds is 3. The largest absolute Gasteiger partial charge is 0.381 e. The Morgan fingerprint density at radius 1 is 1.17 bits per heavy atom. The minimum atomic E-state index is 0.374. The lowest BCUT2D eigenvalue weighted by atomic mass is 10.1. The van der Waals surface area contributed by atoms with E-state index in [1.165, 1.54) is 0 Å². The predicted molar refractivity (Wildman–Crippen MR) is 110 cm³/mol. The van der Waals surface area contributed by atoms with Crippen molar-refractivity contribution in [3.05, 3.63) is 48.6 Å². The van der Waals surface area contributed by atoms with Crippen LogP contribution in [-0.4, -0.2) is 53.4 Å². The number of fused-ring (bicyclic) bond motifs is 4. The smallest absolute Gasteiger partial charge is 0.229 e. The number of anilines is 3. The molecule has 1 saturated heterocycles. The molecule has 6 rings (SSSR count). The highest BCUT2D eigenvalue weighted by Crippen LogP contribution is 2.34. The average molecular weight is 403 g/mol. The molecule has 30 heavy (non-hydrogen) atoms. The Bertz CT molecular complexity index is 1220. The van der Waals surface area contributed by atoms with Crippen molar-refractivity contribution in [1.82, 2.24) is 34.1 Å². The van der Waals surface area contributed by atoms with Crippen LogP contribution in [0.3, 0.4) is 0 Å². The summed E-state index contributed by atoms with van der Waals surface area (Å²) in [5.74, 6) is 2.48. The van der Waals surface area contributed by atoms with Crippen LogP contribution < -0.4 is 10.2 Å². The maximum Gasteiger partial charge on any atom is 0.229 e. The van der Waals surface area contributed by atoms with Gasteiger partial charge in [0.1, 0.15) is 17.8 Å². The summed E-state index contributed by atoms with van der Waals surface area (Å²) in [6, 6.07) is 2.36. The minimum Gasteiger partial charge on any atom is -0.381 e. The molecular formula is C20H21N9O. The van der Waals surface area contributed by atoms with Gasteiger partial charge in [0.2, 0.25) is 5.95 Å². The van der Waals surface area contributed by atoms with Gasteiger partial charge in [0.05, 0.1) is 24.6 Å². The van der Waals surface area contributed by atoms with E-state index in [0.717, 1.165) is 66.8 Å². The number of pyridine rings is 1.